The number of nitrogens with zero attached hydrogens (tertiary/aromatic N) is 1. The van der Waals surface area contributed by atoms with Crippen LogP contribution >= 0.6 is 22.6 Å². The zero-order valence-electron chi connectivity index (χ0n) is 13.5. The molecule has 0 aliphatic heterocycles. The smallest absolute Gasteiger partial charge is 0.266 e. The molecule has 6 nitrogen and oxygen atoms in total. The molecule has 128 valence electrons. The van der Waals surface area contributed by atoms with Crippen molar-refractivity contribution in [2.75, 3.05) is 19.5 Å². The third kappa shape index (κ3) is 4.64. The molecule has 0 atom stereocenters. The number of benzene rings is 2. The van der Waals surface area contributed by atoms with Crippen LogP contribution in [0.1, 0.15) is 5.56 Å². The number of aromatic hydroxyl groups is 1. The van der Waals surface area contributed by atoms with Crippen molar-refractivity contribution in [1.82, 2.24) is 0 Å². The topological polar surface area (TPSA) is 91.6 Å². The molecule has 0 aromatic heterocycles. The van der Waals surface area contributed by atoms with Gasteiger partial charge in [0.25, 0.3) is 5.91 Å². The van der Waals surface area contributed by atoms with Crippen LogP contribution in [0.15, 0.2) is 42.0 Å². The van der Waals surface area contributed by atoms with E-state index in [1.54, 1.807) is 31.4 Å². The monoisotopic (exact) mass is 450 g/mol. The summed E-state index contributed by atoms with van der Waals surface area (Å²) in [5.41, 5.74) is 1.06. The Labute approximate surface area is 158 Å². The van der Waals surface area contributed by atoms with Gasteiger partial charge in [-0.15, -0.1) is 0 Å². The van der Waals surface area contributed by atoms with Crippen molar-refractivity contribution in [1.29, 1.82) is 5.26 Å². The zero-order chi connectivity index (χ0) is 18.4. The molecule has 0 unspecified atom stereocenters. The van der Waals surface area contributed by atoms with E-state index in [4.69, 9.17) is 9.47 Å². The lowest BCUT2D eigenvalue weighted by Crippen LogP contribution is -2.13. The van der Waals surface area contributed by atoms with Crippen LogP contribution in [0.4, 0.5) is 5.69 Å². The molecule has 0 bridgehead atoms. The van der Waals surface area contributed by atoms with E-state index in [1.807, 2.05) is 6.07 Å². The summed E-state index contributed by atoms with van der Waals surface area (Å²) in [6, 6.07) is 11.3. The van der Waals surface area contributed by atoms with Gasteiger partial charge in [0.2, 0.25) is 0 Å². The molecular weight excluding hydrogens is 435 g/mol. The second kappa shape index (κ2) is 8.39. The molecule has 0 aliphatic carbocycles. The lowest BCUT2D eigenvalue weighted by atomic mass is 10.1. The van der Waals surface area contributed by atoms with Gasteiger partial charge in [-0.2, -0.15) is 5.26 Å². The SMILES string of the molecule is COc1cc(/C=C(/C#N)C(=O)Nc2ccc(O)cc2)cc(I)c1OC. The Morgan fingerprint density at radius 2 is 1.92 bits per heavy atom. The van der Waals surface area contributed by atoms with E-state index in [9.17, 15) is 15.2 Å². The van der Waals surface area contributed by atoms with Gasteiger partial charge >= 0.3 is 0 Å². The standard InChI is InChI=1S/C18H15IN2O4/c1-24-16-9-11(8-15(19)17(16)25-2)7-12(10-20)18(23)21-13-3-5-14(22)6-4-13/h3-9,22H,1-2H3,(H,21,23)/b12-7-. The number of nitriles is 1. The molecule has 0 heterocycles. The van der Waals surface area contributed by atoms with Gasteiger partial charge in [-0.05, 0) is 70.6 Å². The summed E-state index contributed by atoms with van der Waals surface area (Å²) in [6.45, 7) is 0. The first-order valence-electron chi connectivity index (χ1n) is 7.12. The second-order valence-corrected chi connectivity index (χ2v) is 6.07. The summed E-state index contributed by atoms with van der Waals surface area (Å²) in [5, 5.41) is 21.2. The molecule has 0 aliphatic rings. The van der Waals surface area contributed by atoms with Gasteiger partial charge in [0.1, 0.15) is 17.4 Å². The number of ether oxygens (including phenoxy) is 2. The van der Waals surface area contributed by atoms with E-state index in [2.05, 4.69) is 27.9 Å². The molecule has 1 amide bonds. The van der Waals surface area contributed by atoms with Crippen molar-refractivity contribution >= 4 is 40.3 Å². The molecule has 25 heavy (non-hydrogen) atoms. The van der Waals surface area contributed by atoms with E-state index in [0.29, 0.717) is 22.7 Å². The Kier molecular flexibility index (Phi) is 6.25. The molecular formula is C18H15IN2O4. The van der Waals surface area contributed by atoms with Crippen LogP contribution in [0.25, 0.3) is 6.08 Å². The number of nitrogens with one attached hydrogen (secondary N) is 1. The van der Waals surface area contributed by atoms with Gasteiger partial charge < -0.3 is 19.9 Å². The summed E-state index contributed by atoms with van der Waals surface area (Å²) >= 11 is 2.09. The summed E-state index contributed by atoms with van der Waals surface area (Å²) in [4.78, 5) is 12.3. The number of rotatable bonds is 5. The maximum atomic E-state index is 12.3. The largest absolute Gasteiger partial charge is 0.508 e. The highest BCUT2D eigenvalue weighted by Gasteiger charge is 2.13. The van der Waals surface area contributed by atoms with Gasteiger partial charge in [0, 0.05) is 5.69 Å². The molecule has 2 rings (SSSR count). The third-order valence-corrected chi connectivity index (χ3v) is 4.06. The lowest BCUT2D eigenvalue weighted by molar-refractivity contribution is -0.112. The number of amides is 1. The maximum absolute atomic E-state index is 12.3. The number of phenolic OH excluding ortho intramolecular Hbond substituents is 1. The average molecular weight is 450 g/mol. The van der Waals surface area contributed by atoms with E-state index >= 15 is 0 Å². The molecule has 2 aromatic carbocycles. The summed E-state index contributed by atoms with van der Waals surface area (Å²) in [6.07, 6.45) is 1.47. The van der Waals surface area contributed by atoms with Crippen LogP contribution in [0.2, 0.25) is 0 Å². The van der Waals surface area contributed by atoms with Crippen molar-refractivity contribution < 1.29 is 19.4 Å². The van der Waals surface area contributed by atoms with Gasteiger partial charge in [-0.3, -0.25) is 4.79 Å². The summed E-state index contributed by atoms with van der Waals surface area (Å²) in [7, 11) is 3.06. The predicted octanol–water partition coefficient (Wildman–Crippen LogP) is 3.56. The lowest BCUT2D eigenvalue weighted by Gasteiger charge is -2.11. The number of carbonyl (C=O) groups is 1. The second-order valence-electron chi connectivity index (χ2n) is 4.91. The van der Waals surface area contributed by atoms with Crippen LogP contribution < -0.4 is 14.8 Å². The molecule has 2 aromatic rings. The van der Waals surface area contributed by atoms with E-state index < -0.39 is 5.91 Å². The summed E-state index contributed by atoms with van der Waals surface area (Å²) < 4.78 is 11.3. The molecule has 7 heteroatoms. The number of hydrogen-bond donors (Lipinski definition) is 2. The number of carbonyl (C=O) groups excluding carboxylic acids is 1. The van der Waals surface area contributed by atoms with Crippen LogP contribution in [0, 0.1) is 14.9 Å². The Balaban J connectivity index is 2.30. The van der Waals surface area contributed by atoms with Gasteiger partial charge in [-0.1, -0.05) is 0 Å². The van der Waals surface area contributed by atoms with Crippen LogP contribution in [0.5, 0.6) is 17.2 Å². The minimum atomic E-state index is -0.544. The number of phenols is 1. The fourth-order valence-corrected chi connectivity index (χ4v) is 2.93. The number of anilines is 1. The van der Waals surface area contributed by atoms with Crippen molar-refractivity contribution in [3.05, 3.63) is 51.1 Å². The minimum absolute atomic E-state index is 0.0592. The average Bonchev–Trinajstić information content (AvgIpc) is 2.60. The Bertz CT molecular complexity index is 855. The molecule has 0 saturated carbocycles. The number of halogens is 1. The fraction of sp³-hybridized carbons (Fsp3) is 0.111. The fourth-order valence-electron chi connectivity index (χ4n) is 2.08. The molecule has 0 saturated heterocycles. The first-order chi connectivity index (χ1) is 12.0. The van der Waals surface area contributed by atoms with Crippen LogP contribution in [-0.4, -0.2) is 25.2 Å². The van der Waals surface area contributed by atoms with Crippen LogP contribution in [-0.2, 0) is 4.79 Å². The van der Waals surface area contributed by atoms with Crippen molar-refractivity contribution in [2.45, 2.75) is 0 Å². The van der Waals surface area contributed by atoms with Crippen molar-refractivity contribution in [3.8, 4) is 23.3 Å². The van der Waals surface area contributed by atoms with Crippen LogP contribution in [0.3, 0.4) is 0 Å². The molecule has 0 spiro atoms. The minimum Gasteiger partial charge on any atom is -0.508 e. The van der Waals surface area contributed by atoms with E-state index in [0.717, 1.165) is 3.57 Å². The third-order valence-electron chi connectivity index (χ3n) is 3.26. The van der Waals surface area contributed by atoms with E-state index in [-0.39, 0.29) is 11.3 Å². The molecule has 2 N–H and O–H groups in total. The Morgan fingerprint density at radius 1 is 1.24 bits per heavy atom. The quantitative estimate of drug-likeness (QED) is 0.315. The molecule has 0 fully saturated rings. The van der Waals surface area contributed by atoms with Crippen molar-refractivity contribution in [2.24, 2.45) is 0 Å². The first kappa shape index (κ1) is 18.6. The highest BCUT2D eigenvalue weighted by molar-refractivity contribution is 14.1. The predicted molar refractivity (Wildman–Crippen MR) is 103 cm³/mol. The molecule has 0 radical (unpaired) electrons. The Hall–Kier alpha value is -2.73. The first-order valence-corrected chi connectivity index (χ1v) is 8.20. The van der Waals surface area contributed by atoms with Gasteiger partial charge in [0.15, 0.2) is 11.5 Å². The maximum Gasteiger partial charge on any atom is 0.266 e. The zero-order valence-corrected chi connectivity index (χ0v) is 15.7. The van der Waals surface area contributed by atoms with Gasteiger partial charge in [-0.25, -0.2) is 0 Å². The summed E-state index contributed by atoms with van der Waals surface area (Å²) in [5.74, 6) is 0.649. The van der Waals surface area contributed by atoms with Gasteiger partial charge in [0.05, 0.1) is 17.8 Å². The normalized spacial score (nSPS) is 10.7. The Morgan fingerprint density at radius 3 is 2.48 bits per heavy atom. The van der Waals surface area contributed by atoms with Crippen molar-refractivity contribution in [3.63, 3.8) is 0 Å². The number of hydrogen-bond acceptors (Lipinski definition) is 5. The highest BCUT2D eigenvalue weighted by atomic mass is 127. The highest BCUT2D eigenvalue weighted by Crippen LogP contribution is 2.34. The number of methoxy groups -OCH3 is 2. The van der Waals surface area contributed by atoms with E-state index in [1.165, 1.54) is 25.3 Å².